The van der Waals surface area contributed by atoms with Gasteiger partial charge in [0.2, 0.25) is 0 Å². The van der Waals surface area contributed by atoms with Gasteiger partial charge >= 0.3 is 5.97 Å². The number of nitrogens with zero attached hydrogens (tertiary/aromatic N) is 4. The molecule has 3 heterocycles. The number of aliphatic carboxylic acids is 1. The Kier molecular flexibility index (Phi) is 9.92. The zero-order valence-electron chi connectivity index (χ0n) is 26.7. The summed E-state index contributed by atoms with van der Waals surface area (Å²) >= 11 is 6.31. The molecule has 232 valence electrons. The smallest absolute Gasteiger partial charge is 0.337 e. The predicted octanol–water partition coefficient (Wildman–Crippen LogP) is 7.50. The summed E-state index contributed by atoms with van der Waals surface area (Å²) in [7, 11) is 1.97. The molecular formula is C34H45ClN4O4. The van der Waals surface area contributed by atoms with Crippen LogP contribution in [0.4, 0.5) is 11.5 Å². The molecule has 0 aliphatic carbocycles. The van der Waals surface area contributed by atoms with Crippen LogP contribution in [0.2, 0.25) is 5.02 Å². The van der Waals surface area contributed by atoms with Crippen molar-refractivity contribution in [1.29, 1.82) is 0 Å². The Morgan fingerprint density at radius 3 is 2.40 bits per heavy atom. The van der Waals surface area contributed by atoms with E-state index in [1.54, 1.807) is 0 Å². The first-order valence-corrected chi connectivity index (χ1v) is 15.3. The second-order valence-electron chi connectivity index (χ2n) is 13.2. The van der Waals surface area contributed by atoms with Crippen LogP contribution in [0.5, 0.6) is 5.75 Å². The van der Waals surface area contributed by atoms with Crippen LogP contribution in [0.15, 0.2) is 42.7 Å². The van der Waals surface area contributed by atoms with Crippen molar-refractivity contribution in [2.45, 2.75) is 73.0 Å². The van der Waals surface area contributed by atoms with Gasteiger partial charge in [-0.3, -0.25) is 4.98 Å². The molecule has 0 unspecified atom stereocenters. The van der Waals surface area contributed by atoms with Gasteiger partial charge < -0.3 is 24.4 Å². The van der Waals surface area contributed by atoms with Crippen molar-refractivity contribution in [2.24, 2.45) is 5.41 Å². The molecule has 3 aromatic rings. The fourth-order valence-electron chi connectivity index (χ4n) is 5.37. The molecule has 1 aromatic carbocycles. The first kappa shape index (κ1) is 32.6. The van der Waals surface area contributed by atoms with Gasteiger partial charge in [0.05, 0.1) is 22.9 Å². The van der Waals surface area contributed by atoms with E-state index >= 15 is 0 Å². The summed E-state index contributed by atoms with van der Waals surface area (Å²) in [5.74, 6) is 0.469. The average Bonchev–Trinajstić information content (AvgIpc) is 2.93. The predicted molar refractivity (Wildman–Crippen MR) is 174 cm³/mol. The number of carboxylic acid groups (broad SMARTS) is 1. The first-order chi connectivity index (χ1) is 20.2. The van der Waals surface area contributed by atoms with Crippen LogP contribution in [0.1, 0.15) is 70.4 Å². The lowest BCUT2D eigenvalue weighted by Gasteiger charge is -2.41. The van der Waals surface area contributed by atoms with Crippen LogP contribution in [0.25, 0.3) is 11.1 Å². The lowest BCUT2D eigenvalue weighted by Crippen LogP contribution is -2.39. The zero-order valence-corrected chi connectivity index (χ0v) is 27.5. The van der Waals surface area contributed by atoms with Crippen molar-refractivity contribution in [3.8, 4) is 16.9 Å². The number of pyridine rings is 2. The molecule has 0 radical (unpaired) electrons. The number of halogens is 1. The van der Waals surface area contributed by atoms with Gasteiger partial charge in [-0.15, -0.1) is 0 Å². The molecule has 1 aliphatic heterocycles. The number of hydrogen-bond acceptors (Lipinski definition) is 7. The van der Waals surface area contributed by atoms with Crippen molar-refractivity contribution in [2.75, 3.05) is 43.1 Å². The van der Waals surface area contributed by atoms with Crippen molar-refractivity contribution in [3.63, 3.8) is 0 Å². The number of rotatable bonds is 10. The molecule has 1 saturated heterocycles. The number of piperidine rings is 1. The van der Waals surface area contributed by atoms with Gasteiger partial charge in [0.15, 0.2) is 6.10 Å². The third kappa shape index (κ3) is 7.98. The Bertz CT molecular complexity index is 1410. The summed E-state index contributed by atoms with van der Waals surface area (Å²) < 4.78 is 12.1. The van der Waals surface area contributed by atoms with Gasteiger partial charge in [0.1, 0.15) is 18.2 Å². The minimum Gasteiger partial charge on any atom is -0.490 e. The third-order valence-electron chi connectivity index (χ3n) is 7.97. The number of ether oxygens (including phenoxy) is 2. The number of likely N-dealkylation sites (N-methyl/N-ethyl adjacent to an activating group) is 1. The van der Waals surface area contributed by atoms with E-state index < -0.39 is 17.7 Å². The number of carboxylic acids is 1. The van der Waals surface area contributed by atoms with E-state index in [1.807, 2.05) is 89.3 Å². The Morgan fingerprint density at radius 2 is 1.81 bits per heavy atom. The van der Waals surface area contributed by atoms with Gasteiger partial charge in [-0.1, -0.05) is 37.6 Å². The summed E-state index contributed by atoms with van der Waals surface area (Å²) in [5.41, 5.74) is 4.41. The van der Waals surface area contributed by atoms with Gasteiger partial charge in [-0.2, -0.15) is 0 Å². The van der Waals surface area contributed by atoms with E-state index in [2.05, 4.69) is 23.7 Å². The monoisotopic (exact) mass is 608 g/mol. The highest BCUT2D eigenvalue weighted by atomic mass is 35.5. The van der Waals surface area contributed by atoms with Crippen LogP contribution in [-0.2, 0) is 9.53 Å². The summed E-state index contributed by atoms with van der Waals surface area (Å²) in [6.07, 6.45) is 4.52. The van der Waals surface area contributed by atoms with E-state index in [1.165, 1.54) is 0 Å². The Hall–Kier alpha value is -3.36. The van der Waals surface area contributed by atoms with Crippen LogP contribution in [0, 0.1) is 19.3 Å². The Morgan fingerprint density at radius 1 is 1.12 bits per heavy atom. The molecule has 9 heteroatoms. The second-order valence-corrected chi connectivity index (χ2v) is 13.6. The maximum Gasteiger partial charge on any atom is 0.337 e. The van der Waals surface area contributed by atoms with E-state index in [9.17, 15) is 9.90 Å². The quantitative estimate of drug-likeness (QED) is 0.253. The Labute approximate surface area is 261 Å². The summed E-state index contributed by atoms with van der Waals surface area (Å²) in [5, 5.41) is 10.9. The molecule has 4 rings (SSSR count). The fourth-order valence-corrected chi connectivity index (χ4v) is 5.64. The van der Waals surface area contributed by atoms with Gasteiger partial charge in [-0.05, 0) is 76.6 Å². The fraction of sp³-hybridized carbons (Fsp3) is 0.500. The minimum atomic E-state index is -1.16. The van der Waals surface area contributed by atoms with E-state index in [0.29, 0.717) is 35.2 Å². The normalized spacial score (nSPS) is 15.7. The first-order valence-electron chi connectivity index (χ1n) is 14.9. The van der Waals surface area contributed by atoms with Crippen LogP contribution < -0.4 is 14.5 Å². The highest BCUT2D eigenvalue weighted by molar-refractivity contribution is 6.32. The third-order valence-corrected chi connectivity index (χ3v) is 8.26. The molecule has 8 nitrogen and oxygen atoms in total. The highest BCUT2D eigenvalue weighted by Gasteiger charge is 2.35. The standard InChI is InChI=1S/C34H45ClN4O4/c1-22-10-9-11-26(35)30(22)42-19-18-38(8)27-13-12-24(20-37-27)25-21-36-23(2)28(31(32(40)41)43-33(3,4)5)29(25)39-16-14-34(6,7)15-17-39/h9-13,20-21,31H,14-19H2,1-8H3,(H,40,41)/t31-/m0/s1. The van der Waals surface area contributed by atoms with Crippen molar-refractivity contribution in [3.05, 3.63) is 64.6 Å². The van der Waals surface area contributed by atoms with Crippen LogP contribution in [-0.4, -0.2) is 59.9 Å². The molecule has 1 fully saturated rings. The van der Waals surface area contributed by atoms with Gasteiger partial charge in [0, 0.05) is 54.9 Å². The van der Waals surface area contributed by atoms with E-state index in [-0.39, 0.29) is 5.41 Å². The number of carbonyl (C=O) groups is 1. The topological polar surface area (TPSA) is 88.0 Å². The molecule has 1 N–H and O–H groups in total. The zero-order chi connectivity index (χ0) is 31.5. The highest BCUT2D eigenvalue weighted by Crippen LogP contribution is 2.43. The largest absolute Gasteiger partial charge is 0.490 e. The average molecular weight is 609 g/mol. The number of hydrogen-bond donors (Lipinski definition) is 1. The molecule has 0 bridgehead atoms. The van der Waals surface area contributed by atoms with Crippen molar-refractivity contribution >= 4 is 29.1 Å². The summed E-state index contributed by atoms with van der Waals surface area (Å²) in [6, 6.07) is 9.70. The number of benzene rings is 1. The number of para-hydroxylation sites is 1. The number of aromatic nitrogens is 2. The summed E-state index contributed by atoms with van der Waals surface area (Å²) in [6.45, 7) is 16.7. The van der Waals surface area contributed by atoms with Gasteiger partial charge in [0.25, 0.3) is 0 Å². The lowest BCUT2D eigenvalue weighted by molar-refractivity contribution is -0.160. The van der Waals surface area contributed by atoms with E-state index in [4.69, 9.17) is 26.1 Å². The lowest BCUT2D eigenvalue weighted by atomic mass is 9.82. The molecular weight excluding hydrogens is 564 g/mol. The molecule has 2 aromatic heterocycles. The maximum atomic E-state index is 12.6. The van der Waals surface area contributed by atoms with Crippen LogP contribution in [0.3, 0.4) is 0 Å². The number of aryl methyl sites for hydroxylation is 2. The minimum absolute atomic E-state index is 0.231. The second kappa shape index (κ2) is 13.1. The molecule has 0 amide bonds. The SMILES string of the molecule is Cc1cccc(Cl)c1OCCN(C)c1ccc(-c2cnc(C)c([C@H](OC(C)(C)C)C(=O)O)c2N2CCC(C)(C)CC2)cn1. The van der Waals surface area contributed by atoms with Gasteiger partial charge in [-0.25, -0.2) is 9.78 Å². The number of anilines is 2. The van der Waals surface area contributed by atoms with Crippen LogP contribution >= 0.6 is 11.6 Å². The van der Waals surface area contributed by atoms with Crippen molar-refractivity contribution in [1.82, 2.24) is 9.97 Å². The molecule has 1 atom stereocenters. The maximum absolute atomic E-state index is 12.6. The van der Waals surface area contributed by atoms with E-state index in [0.717, 1.165) is 54.1 Å². The molecule has 43 heavy (non-hydrogen) atoms. The van der Waals surface area contributed by atoms with Crippen molar-refractivity contribution < 1.29 is 19.4 Å². The molecule has 0 saturated carbocycles. The molecule has 0 spiro atoms. The summed E-state index contributed by atoms with van der Waals surface area (Å²) in [4.78, 5) is 26.4. The Balaban J connectivity index is 1.65. The molecule has 1 aliphatic rings.